The molecule has 0 spiro atoms. The molecule has 1 fully saturated rings. The summed E-state index contributed by atoms with van der Waals surface area (Å²) in [6.07, 6.45) is 4.50. The van der Waals surface area contributed by atoms with Crippen LogP contribution in [-0.2, 0) is 16.0 Å². The topological polar surface area (TPSA) is 36.3 Å². The van der Waals surface area contributed by atoms with Crippen LogP contribution in [-0.4, -0.2) is 35.5 Å². The molecular weight excluding hydrogens is 252 g/mol. The number of nitrogens with zero attached hydrogens (tertiary/aromatic N) is 2. The van der Waals surface area contributed by atoms with Crippen molar-refractivity contribution >= 4 is 11.0 Å². The number of rotatable bonds is 5. The molecular formula is C16H22N2O2. The number of aryl methyl sites for hydroxylation is 2. The van der Waals surface area contributed by atoms with E-state index < -0.39 is 0 Å². The monoisotopic (exact) mass is 274 g/mol. The molecule has 1 saturated heterocycles. The smallest absolute Gasteiger partial charge is 0.0959 e. The van der Waals surface area contributed by atoms with Gasteiger partial charge in [0.05, 0.1) is 36.7 Å². The highest BCUT2D eigenvalue weighted by atomic mass is 16.5. The Morgan fingerprint density at radius 2 is 2.20 bits per heavy atom. The molecule has 0 unspecified atom stereocenters. The van der Waals surface area contributed by atoms with Crippen LogP contribution < -0.4 is 0 Å². The summed E-state index contributed by atoms with van der Waals surface area (Å²) in [5, 5.41) is 0. The van der Waals surface area contributed by atoms with E-state index >= 15 is 0 Å². The standard InChI is InChI=1S/C16H22N2O2/c1-12-8-15-16(9-13(12)2)18(11-17-15)5-7-19-10-14-4-3-6-20-14/h8-9,11,14H,3-7,10H2,1-2H3/t14-/m1/s1. The number of hydrogen-bond donors (Lipinski definition) is 0. The van der Waals surface area contributed by atoms with E-state index in [2.05, 4.69) is 35.5 Å². The van der Waals surface area contributed by atoms with Gasteiger partial charge in [0.2, 0.25) is 0 Å². The molecule has 0 bridgehead atoms. The molecule has 1 atom stereocenters. The van der Waals surface area contributed by atoms with Gasteiger partial charge in [-0.15, -0.1) is 0 Å². The molecule has 20 heavy (non-hydrogen) atoms. The van der Waals surface area contributed by atoms with E-state index in [-0.39, 0.29) is 0 Å². The number of fused-ring (bicyclic) bond motifs is 1. The highest BCUT2D eigenvalue weighted by Crippen LogP contribution is 2.18. The molecule has 1 aliphatic heterocycles. The third kappa shape index (κ3) is 2.86. The van der Waals surface area contributed by atoms with Crippen molar-refractivity contribution < 1.29 is 9.47 Å². The van der Waals surface area contributed by atoms with E-state index in [9.17, 15) is 0 Å². The summed E-state index contributed by atoms with van der Waals surface area (Å²) in [5.41, 5.74) is 4.85. The first-order chi connectivity index (χ1) is 9.74. The number of aromatic nitrogens is 2. The van der Waals surface area contributed by atoms with Crippen LogP contribution in [0.4, 0.5) is 0 Å². The van der Waals surface area contributed by atoms with Crippen LogP contribution in [0.15, 0.2) is 18.5 Å². The number of ether oxygens (including phenoxy) is 2. The summed E-state index contributed by atoms with van der Waals surface area (Å²) in [7, 11) is 0. The average molecular weight is 274 g/mol. The highest BCUT2D eigenvalue weighted by Gasteiger charge is 2.15. The first-order valence-electron chi connectivity index (χ1n) is 7.35. The van der Waals surface area contributed by atoms with Crippen LogP contribution in [0.5, 0.6) is 0 Å². The van der Waals surface area contributed by atoms with Gasteiger partial charge in [0.15, 0.2) is 0 Å². The van der Waals surface area contributed by atoms with Gasteiger partial charge in [-0.05, 0) is 49.9 Å². The normalized spacial score (nSPS) is 19.0. The minimum Gasteiger partial charge on any atom is -0.377 e. The zero-order valence-electron chi connectivity index (χ0n) is 12.3. The molecule has 0 N–H and O–H groups in total. The highest BCUT2D eigenvalue weighted by molar-refractivity contribution is 5.77. The van der Waals surface area contributed by atoms with Gasteiger partial charge in [0.25, 0.3) is 0 Å². The van der Waals surface area contributed by atoms with Crippen LogP contribution >= 0.6 is 0 Å². The molecule has 108 valence electrons. The molecule has 4 heteroatoms. The van der Waals surface area contributed by atoms with Crippen LogP contribution in [0.2, 0.25) is 0 Å². The van der Waals surface area contributed by atoms with E-state index in [0.717, 1.165) is 25.1 Å². The molecule has 0 radical (unpaired) electrons. The Balaban J connectivity index is 1.58. The van der Waals surface area contributed by atoms with E-state index in [1.807, 2.05) is 6.33 Å². The third-order valence-corrected chi connectivity index (χ3v) is 4.04. The Kier molecular flexibility index (Phi) is 4.03. The zero-order chi connectivity index (χ0) is 13.9. The van der Waals surface area contributed by atoms with Gasteiger partial charge in [-0.25, -0.2) is 4.98 Å². The predicted octanol–water partition coefficient (Wildman–Crippen LogP) is 2.85. The fourth-order valence-corrected chi connectivity index (χ4v) is 2.64. The maximum atomic E-state index is 5.72. The van der Waals surface area contributed by atoms with Crippen molar-refractivity contribution in [3.8, 4) is 0 Å². The van der Waals surface area contributed by atoms with Gasteiger partial charge in [-0.2, -0.15) is 0 Å². The van der Waals surface area contributed by atoms with Crippen LogP contribution in [0.1, 0.15) is 24.0 Å². The Bertz CT molecular complexity index is 585. The van der Waals surface area contributed by atoms with Crippen LogP contribution in [0.25, 0.3) is 11.0 Å². The summed E-state index contributed by atoms with van der Waals surface area (Å²) in [6, 6.07) is 4.35. The molecule has 1 aliphatic rings. The SMILES string of the molecule is Cc1cc2ncn(CCOC[C@H]3CCCO3)c2cc1C. The van der Waals surface area contributed by atoms with Gasteiger partial charge < -0.3 is 14.0 Å². The second-order valence-corrected chi connectivity index (χ2v) is 5.57. The quantitative estimate of drug-likeness (QED) is 0.787. The van der Waals surface area contributed by atoms with E-state index in [0.29, 0.717) is 19.3 Å². The summed E-state index contributed by atoms with van der Waals surface area (Å²) in [6.45, 7) is 7.41. The van der Waals surface area contributed by atoms with E-state index in [4.69, 9.17) is 9.47 Å². The lowest BCUT2D eigenvalue weighted by atomic mass is 10.1. The Hall–Kier alpha value is -1.39. The minimum atomic E-state index is 0.305. The first kappa shape index (κ1) is 13.6. The molecule has 4 nitrogen and oxygen atoms in total. The lowest BCUT2D eigenvalue weighted by Crippen LogP contribution is -2.16. The number of benzene rings is 1. The van der Waals surface area contributed by atoms with Crippen molar-refractivity contribution in [2.45, 2.75) is 39.3 Å². The van der Waals surface area contributed by atoms with Crippen molar-refractivity contribution in [2.75, 3.05) is 19.8 Å². The second kappa shape index (κ2) is 5.94. The Morgan fingerprint density at radius 3 is 3.00 bits per heavy atom. The zero-order valence-corrected chi connectivity index (χ0v) is 12.3. The lowest BCUT2D eigenvalue weighted by Gasteiger charge is -2.11. The largest absolute Gasteiger partial charge is 0.377 e. The Labute approximate surface area is 119 Å². The van der Waals surface area contributed by atoms with Crippen LogP contribution in [0, 0.1) is 13.8 Å². The molecule has 0 amide bonds. The van der Waals surface area contributed by atoms with Crippen molar-refractivity contribution in [2.24, 2.45) is 0 Å². The third-order valence-electron chi connectivity index (χ3n) is 4.04. The maximum absolute atomic E-state index is 5.72. The Morgan fingerprint density at radius 1 is 1.35 bits per heavy atom. The van der Waals surface area contributed by atoms with Gasteiger partial charge in [-0.1, -0.05) is 0 Å². The van der Waals surface area contributed by atoms with E-state index in [1.54, 1.807) is 0 Å². The molecule has 2 aromatic rings. The van der Waals surface area contributed by atoms with Gasteiger partial charge >= 0.3 is 0 Å². The minimum absolute atomic E-state index is 0.305. The molecule has 2 heterocycles. The average Bonchev–Trinajstić information content (AvgIpc) is 3.06. The maximum Gasteiger partial charge on any atom is 0.0959 e. The van der Waals surface area contributed by atoms with Gasteiger partial charge in [-0.3, -0.25) is 0 Å². The lowest BCUT2D eigenvalue weighted by molar-refractivity contribution is 0.0151. The van der Waals surface area contributed by atoms with Crippen molar-refractivity contribution in [1.82, 2.24) is 9.55 Å². The molecule has 3 rings (SSSR count). The summed E-state index contributed by atoms with van der Waals surface area (Å²) in [5.74, 6) is 0. The summed E-state index contributed by atoms with van der Waals surface area (Å²) >= 11 is 0. The first-order valence-corrected chi connectivity index (χ1v) is 7.35. The second-order valence-electron chi connectivity index (χ2n) is 5.57. The van der Waals surface area contributed by atoms with Crippen molar-refractivity contribution in [1.29, 1.82) is 0 Å². The molecule has 1 aromatic carbocycles. The summed E-state index contributed by atoms with van der Waals surface area (Å²) < 4.78 is 13.4. The van der Waals surface area contributed by atoms with E-state index in [1.165, 1.54) is 23.1 Å². The summed E-state index contributed by atoms with van der Waals surface area (Å²) in [4.78, 5) is 4.46. The van der Waals surface area contributed by atoms with Gasteiger partial charge in [0, 0.05) is 13.2 Å². The van der Waals surface area contributed by atoms with Crippen molar-refractivity contribution in [3.05, 3.63) is 29.6 Å². The number of hydrogen-bond acceptors (Lipinski definition) is 3. The molecule has 0 aliphatic carbocycles. The van der Waals surface area contributed by atoms with Crippen LogP contribution in [0.3, 0.4) is 0 Å². The number of imidazole rings is 1. The fourth-order valence-electron chi connectivity index (χ4n) is 2.64. The predicted molar refractivity (Wildman–Crippen MR) is 79.0 cm³/mol. The molecule has 0 saturated carbocycles. The van der Waals surface area contributed by atoms with Crippen molar-refractivity contribution in [3.63, 3.8) is 0 Å². The fraction of sp³-hybridized carbons (Fsp3) is 0.562. The molecule has 1 aromatic heterocycles. The van der Waals surface area contributed by atoms with Gasteiger partial charge in [0.1, 0.15) is 0 Å².